The first-order chi connectivity index (χ1) is 16.4. The van der Waals surface area contributed by atoms with Gasteiger partial charge in [0.05, 0.1) is 5.54 Å². The average molecular weight is 508 g/mol. The van der Waals surface area contributed by atoms with E-state index in [1.165, 1.54) is 12.1 Å². The van der Waals surface area contributed by atoms with Crippen LogP contribution in [-0.2, 0) is 42.4 Å². The van der Waals surface area contributed by atoms with Crippen LogP contribution in [-0.4, -0.2) is 57.1 Å². The van der Waals surface area contributed by atoms with E-state index in [1.54, 1.807) is 26.8 Å². The molecule has 2 heterocycles. The highest BCUT2D eigenvalue weighted by Gasteiger charge is 2.52. The third-order valence-electron chi connectivity index (χ3n) is 6.83. The molecule has 3 aliphatic rings. The molecule has 35 heavy (non-hydrogen) atoms. The number of hydrogen-bond donors (Lipinski definition) is 2. The summed E-state index contributed by atoms with van der Waals surface area (Å²) in [6.07, 6.45) is 1.04. The molecule has 2 unspecified atom stereocenters. The molecule has 9 nitrogen and oxygen atoms in total. The number of rotatable bonds is 6. The predicted molar refractivity (Wildman–Crippen MR) is 125 cm³/mol. The molecular formula is C24H30FN3O6S. The molecule has 0 spiro atoms. The van der Waals surface area contributed by atoms with Crippen molar-refractivity contribution in [3.63, 3.8) is 0 Å². The molecule has 2 saturated heterocycles. The molecule has 0 aromatic heterocycles. The highest BCUT2D eigenvalue weighted by Crippen LogP contribution is 2.43. The van der Waals surface area contributed by atoms with Crippen LogP contribution in [0.1, 0.15) is 57.6 Å². The molecule has 1 aliphatic carbocycles. The molecular weight excluding hydrogens is 477 g/mol. The van der Waals surface area contributed by atoms with Crippen LogP contribution in [0, 0.1) is 11.7 Å². The van der Waals surface area contributed by atoms with E-state index in [0.717, 1.165) is 4.90 Å². The van der Waals surface area contributed by atoms with Crippen molar-refractivity contribution in [1.82, 2.24) is 14.9 Å². The Morgan fingerprint density at radius 1 is 1.29 bits per heavy atom. The minimum atomic E-state index is -1.71. The number of amides is 4. The van der Waals surface area contributed by atoms with Crippen molar-refractivity contribution in [3.8, 4) is 0 Å². The van der Waals surface area contributed by atoms with Crippen molar-refractivity contribution in [1.29, 1.82) is 0 Å². The normalized spacial score (nSPS) is 26.5. The van der Waals surface area contributed by atoms with Crippen LogP contribution in [0.5, 0.6) is 0 Å². The summed E-state index contributed by atoms with van der Waals surface area (Å²) in [6.45, 7) is 6.03. The van der Waals surface area contributed by atoms with Gasteiger partial charge in [0.15, 0.2) is 11.7 Å². The fourth-order valence-electron chi connectivity index (χ4n) is 4.95. The topological polar surface area (TPSA) is 128 Å². The minimum absolute atomic E-state index is 0.266. The summed E-state index contributed by atoms with van der Waals surface area (Å²) in [5.74, 6) is -4.69. The third-order valence-corrected chi connectivity index (χ3v) is 8.52. The van der Waals surface area contributed by atoms with Gasteiger partial charge in [-0.1, -0.05) is 12.1 Å². The van der Waals surface area contributed by atoms with Gasteiger partial charge < -0.3 is 9.29 Å². The first-order valence-electron chi connectivity index (χ1n) is 11.7. The van der Waals surface area contributed by atoms with Crippen LogP contribution in [0.25, 0.3) is 0 Å². The van der Waals surface area contributed by atoms with Crippen molar-refractivity contribution in [2.45, 2.75) is 69.2 Å². The first kappa shape index (κ1) is 25.7. The highest BCUT2D eigenvalue weighted by molar-refractivity contribution is 7.90. The van der Waals surface area contributed by atoms with Crippen LogP contribution in [0.3, 0.4) is 0 Å². The Hall–Kier alpha value is -2.34. The summed E-state index contributed by atoms with van der Waals surface area (Å²) in [6, 6.07) is 3.20. The first-order valence-corrected chi connectivity index (χ1v) is 12.9. The Morgan fingerprint density at radius 3 is 2.63 bits per heavy atom. The molecule has 1 aromatic carbocycles. The molecule has 11 heteroatoms. The minimum Gasteiger partial charge on any atom is -0.598 e. The summed E-state index contributed by atoms with van der Waals surface area (Å²) in [7, 11) is 0. The van der Waals surface area contributed by atoms with Gasteiger partial charge in [0.1, 0.15) is 10.6 Å². The number of carbonyl (C=O) groups excluding carboxylic acids is 4. The zero-order valence-corrected chi connectivity index (χ0v) is 20.8. The molecule has 0 saturated carbocycles. The molecule has 1 aromatic rings. The van der Waals surface area contributed by atoms with Gasteiger partial charge in [0, 0.05) is 37.0 Å². The lowest BCUT2D eigenvalue weighted by molar-refractivity contribution is -0.150. The highest BCUT2D eigenvalue weighted by atomic mass is 32.2. The van der Waals surface area contributed by atoms with E-state index in [1.807, 2.05) is 0 Å². The summed E-state index contributed by atoms with van der Waals surface area (Å²) in [5, 5.41) is 2.14. The van der Waals surface area contributed by atoms with Gasteiger partial charge in [-0.3, -0.25) is 24.6 Å². The Kier molecular flexibility index (Phi) is 7.07. The Balaban J connectivity index is 1.65. The van der Waals surface area contributed by atoms with Gasteiger partial charge in [-0.25, -0.2) is 9.18 Å². The molecule has 2 aliphatic heterocycles. The van der Waals surface area contributed by atoms with Crippen LogP contribution in [0.4, 0.5) is 9.18 Å². The van der Waals surface area contributed by atoms with Gasteiger partial charge >= 0.3 is 6.03 Å². The maximum Gasteiger partial charge on any atom is 0.331 e. The number of benzene rings is 1. The van der Waals surface area contributed by atoms with Gasteiger partial charge in [-0.15, -0.1) is 4.72 Å². The van der Waals surface area contributed by atoms with Gasteiger partial charge in [0.25, 0.3) is 5.91 Å². The van der Waals surface area contributed by atoms with E-state index in [9.17, 15) is 28.1 Å². The van der Waals surface area contributed by atoms with E-state index in [2.05, 4.69) is 10.0 Å². The number of imide groups is 2. The quantitative estimate of drug-likeness (QED) is 0.444. The number of ketones is 1. The van der Waals surface area contributed by atoms with E-state index in [0.29, 0.717) is 43.6 Å². The van der Waals surface area contributed by atoms with Gasteiger partial charge in [-0.2, -0.15) is 0 Å². The van der Waals surface area contributed by atoms with Gasteiger partial charge in [-0.05, 0) is 63.6 Å². The third kappa shape index (κ3) is 4.87. The lowest BCUT2D eigenvalue weighted by Crippen LogP contribution is -2.63. The number of nitrogens with one attached hydrogen (secondary N) is 2. The predicted octanol–water partition coefficient (Wildman–Crippen LogP) is 1.85. The Bertz CT molecular complexity index is 1050. The fraction of sp³-hybridized carbons (Fsp3) is 0.583. The average Bonchev–Trinajstić information content (AvgIpc) is 3.12. The molecule has 0 bridgehead atoms. The number of ether oxygens (including phenoxy) is 1. The second kappa shape index (κ2) is 9.61. The monoisotopic (exact) mass is 507 g/mol. The number of Topliss-reactive ketones (excluding diaryl/α,β-unsaturated/α-hetero) is 1. The molecule has 2 N–H and O–H groups in total. The summed E-state index contributed by atoms with van der Waals surface area (Å²) in [4.78, 5) is 53.0. The van der Waals surface area contributed by atoms with Crippen molar-refractivity contribution in [3.05, 3.63) is 35.1 Å². The fourth-order valence-corrected chi connectivity index (χ4v) is 5.90. The van der Waals surface area contributed by atoms with Crippen LogP contribution in [0.2, 0.25) is 0 Å². The lowest BCUT2D eigenvalue weighted by Gasteiger charge is -2.38. The molecule has 2 fully saturated rings. The van der Waals surface area contributed by atoms with Crippen molar-refractivity contribution < 1.29 is 32.9 Å². The Morgan fingerprint density at radius 2 is 1.97 bits per heavy atom. The SMILES string of the molecule is CC(C)(C)[S+]([O-])N[C@@]1(CC(=O)C2C(=O)NC(=O)N(C3CCOCC3)C2=O)CCc2c(F)cccc21. The molecule has 4 rings (SSSR count). The largest absolute Gasteiger partial charge is 0.598 e. The van der Waals surface area contributed by atoms with E-state index in [-0.39, 0.29) is 12.8 Å². The van der Waals surface area contributed by atoms with Crippen LogP contribution >= 0.6 is 0 Å². The number of carbonyl (C=O) groups is 4. The molecule has 190 valence electrons. The summed E-state index contributed by atoms with van der Waals surface area (Å²) < 4.78 is 35.3. The van der Waals surface area contributed by atoms with E-state index < -0.39 is 63.1 Å². The maximum absolute atomic E-state index is 14.6. The molecule has 4 amide bonds. The van der Waals surface area contributed by atoms with Gasteiger partial charge in [0.2, 0.25) is 5.91 Å². The lowest BCUT2D eigenvalue weighted by atomic mass is 9.83. The van der Waals surface area contributed by atoms with Crippen molar-refractivity contribution >= 4 is 35.0 Å². The number of fused-ring (bicyclic) bond motifs is 1. The Labute approximate surface area is 206 Å². The second-order valence-corrected chi connectivity index (χ2v) is 12.2. The number of hydrogen-bond acceptors (Lipinski definition) is 7. The standard InChI is InChI=1S/C24H30FN3O6S/c1-23(2,3)35(33)27-24(10-7-15-16(24)5-4-6-17(15)25)13-18(29)19-20(30)26-22(32)28(21(19)31)14-8-11-34-12-9-14/h4-6,14,19,27H,7-13H2,1-3H3,(H,26,30,32)/t19?,24-,35?/m1/s1. The number of urea groups is 1. The number of nitrogens with zero attached hydrogens (tertiary/aromatic N) is 1. The van der Waals surface area contributed by atoms with Crippen molar-refractivity contribution in [2.24, 2.45) is 5.92 Å². The van der Waals surface area contributed by atoms with Crippen molar-refractivity contribution in [2.75, 3.05) is 13.2 Å². The smallest absolute Gasteiger partial charge is 0.331 e. The summed E-state index contributed by atoms with van der Waals surface area (Å²) >= 11 is -1.62. The number of halogens is 1. The molecule has 0 radical (unpaired) electrons. The molecule has 3 atom stereocenters. The zero-order valence-electron chi connectivity index (χ0n) is 20.0. The maximum atomic E-state index is 14.6. The van der Waals surface area contributed by atoms with Crippen LogP contribution in [0.15, 0.2) is 18.2 Å². The summed E-state index contributed by atoms with van der Waals surface area (Å²) in [5.41, 5.74) is -0.320. The van der Waals surface area contributed by atoms with E-state index >= 15 is 0 Å². The number of barbiturate groups is 1. The van der Waals surface area contributed by atoms with E-state index in [4.69, 9.17) is 4.74 Å². The van der Waals surface area contributed by atoms with Crippen LogP contribution < -0.4 is 10.0 Å². The second-order valence-electron chi connectivity index (χ2n) is 10.3. The zero-order chi connectivity index (χ0) is 25.5.